The van der Waals surface area contributed by atoms with Crippen molar-refractivity contribution in [1.82, 2.24) is 9.97 Å². The van der Waals surface area contributed by atoms with Crippen molar-refractivity contribution in [3.63, 3.8) is 0 Å². The number of rotatable bonds is 1. The molecule has 24 heavy (non-hydrogen) atoms. The molecule has 0 saturated heterocycles. The second-order valence-corrected chi connectivity index (χ2v) is 9.30. The summed E-state index contributed by atoms with van der Waals surface area (Å²) in [5.74, 6) is 0. The highest BCUT2D eigenvalue weighted by Gasteiger charge is 2.07. The van der Waals surface area contributed by atoms with E-state index in [1.54, 1.807) is 11.3 Å². The second kappa shape index (κ2) is 7.66. The van der Waals surface area contributed by atoms with Crippen molar-refractivity contribution in [3.05, 3.63) is 49.8 Å². The lowest BCUT2D eigenvalue weighted by Crippen LogP contribution is -2.07. The van der Waals surface area contributed by atoms with Gasteiger partial charge < -0.3 is 4.90 Å². The third-order valence-electron chi connectivity index (χ3n) is 3.08. The maximum Gasteiger partial charge on any atom is 0.185 e. The van der Waals surface area contributed by atoms with Gasteiger partial charge in [0.15, 0.2) is 9.60 Å². The average Bonchev–Trinajstić information content (AvgIpc) is 3.12. The van der Waals surface area contributed by atoms with E-state index in [0.717, 1.165) is 29.8 Å². The molecule has 0 N–H and O–H groups in total. The molecule has 0 spiro atoms. The van der Waals surface area contributed by atoms with Crippen molar-refractivity contribution in [1.29, 1.82) is 0 Å². The summed E-state index contributed by atoms with van der Waals surface area (Å²) in [4.78, 5) is 10.6. The van der Waals surface area contributed by atoms with Gasteiger partial charge in [-0.15, -0.1) is 11.3 Å². The quantitative estimate of drug-likeness (QED) is 0.284. The molecule has 4 rings (SSSR count). The van der Waals surface area contributed by atoms with E-state index in [-0.39, 0.29) is 0 Å². The van der Waals surface area contributed by atoms with Crippen LogP contribution in [0.2, 0.25) is 4.47 Å². The zero-order chi connectivity index (χ0) is 17.3. The van der Waals surface area contributed by atoms with Gasteiger partial charge in [-0.3, -0.25) is 0 Å². The van der Waals surface area contributed by atoms with E-state index in [4.69, 9.17) is 11.6 Å². The number of benzene rings is 2. The number of fused-ring (bicyclic) bond motifs is 2. The molecule has 0 unspecified atom stereocenters. The fourth-order valence-corrected chi connectivity index (χ4v) is 5.09. The number of aromatic nitrogens is 2. The first kappa shape index (κ1) is 18.1. The SMILES string of the molecule is CN(C)c1nc2cccc(Br)c2s1.Clc1nc2cccc(Br)c2s1. The molecular weight excluding hydrogens is 494 g/mol. The van der Waals surface area contributed by atoms with E-state index in [1.165, 1.54) is 16.0 Å². The minimum absolute atomic E-state index is 0.590. The Bertz CT molecular complexity index is 997. The smallest absolute Gasteiger partial charge is 0.185 e. The van der Waals surface area contributed by atoms with Gasteiger partial charge in [0.1, 0.15) is 0 Å². The normalized spacial score (nSPS) is 10.7. The maximum atomic E-state index is 5.74. The molecule has 0 aliphatic heterocycles. The molecule has 2 heterocycles. The summed E-state index contributed by atoms with van der Waals surface area (Å²) in [5, 5.41) is 1.04. The molecule has 8 heteroatoms. The molecule has 0 saturated carbocycles. The van der Waals surface area contributed by atoms with E-state index in [2.05, 4.69) is 41.8 Å². The van der Waals surface area contributed by atoms with Crippen LogP contribution in [0.4, 0.5) is 5.13 Å². The van der Waals surface area contributed by atoms with Crippen LogP contribution < -0.4 is 4.90 Å². The van der Waals surface area contributed by atoms with E-state index in [1.807, 2.05) is 55.4 Å². The van der Waals surface area contributed by atoms with Gasteiger partial charge in [-0.2, -0.15) is 0 Å². The van der Waals surface area contributed by atoms with Crippen LogP contribution in [0, 0.1) is 0 Å². The summed E-state index contributed by atoms with van der Waals surface area (Å²) in [5.41, 5.74) is 2.01. The Morgan fingerprint density at radius 2 is 1.42 bits per heavy atom. The first-order valence-corrected chi connectivity index (χ1v) is 10.5. The Morgan fingerprint density at radius 1 is 0.875 bits per heavy atom. The molecule has 0 bridgehead atoms. The molecular formula is C16H12Br2ClN3S2. The predicted molar refractivity (Wildman–Crippen MR) is 114 cm³/mol. The lowest BCUT2D eigenvalue weighted by molar-refractivity contribution is 1.11. The fraction of sp³-hybridized carbons (Fsp3) is 0.125. The van der Waals surface area contributed by atoms with Gasteiger partial charge in [0, 0.05) is 23.0 Å². The number of hydrogen-bond donors (Lipinski definition) is 0. The number of thiazole rings is 2. The van der Waals surface area contributed by atoms with Gasteiger partial charge in [0.2, 0.25) is 0 Å². The van der Waals surface area contributed by atoms with Crippen molar-refractivity contribution in [3.8, 4) is 0 Å². The summed E-state index contributed by atoms with van der Waals surface area (Å²) in [6, 6.07) is 12.0. The van der Waals surface area contributed by atoms with Gasteiger partial charge in [0.25, 0.3) is 0 Å². The molecule has 4 aromatic rings. The van der Waals surface area contributed by atoms with Crippen LogP contribution in [0.1, 0.15) is 0 Å². The Labute approximate surface area is 169 Å². The van der Waals surface area contributed by atoms with Crippen LogP contribution in [0.15, 0.2) is 45.3 Å². The summed E-state index contributed by atoms with van der Waals surface area (Å²) in [6.07, 6.45) is 0. The van der Waals surface area contributed by atoms with Crippen molar-refractivity contribution < 1.29 is 0 Å². The minimum atomic E-state index is 0.590. The molecule has 0 aliphatic carbocycles. The molecule has 2 aromatic carbocycles. The highest BCUT2D eigenvalue weighted by Crippen LogP contribution is 2.33. The second-order valence-electron chi connectivity index (χ2n) is 5.03. The van der Waals surface area contributed by atoms with Crippen LogP contribution in [0.3, 0.4) is 0 Å². The first-order chi connectivity index (χ1) is 11.5. The van der Waals surface area contributed by atoms with Crippen LogP contribution in [0.25, 0.3) is 20.4 Å². The minimum Gasteiger partial charge on any atom is -0.354 e. The number of halogens is 3. The van der Waals surface area contributed by atoms with Gasteiger partial charge in [-0.1, -0.05) is 35.1 Å². The molecule has 0 radical (unpaired) electrons. The summed E-state index contributed by atoms with van der Waals surface area (Å²) < 4.78 is 5.09. The number of hydrogen-bond acceptors (Lipinski definition) is 5. The van der Waals surface area contributed by atoms with Crippen molar-refractivity contribution in [2.24, 2.45) is 0 Å². The zero-order valence-electron chi connectivity index (χ0n) is 12.8. The van der Waals surface area contributed by atoms with Gasteiger partial charge in [0.05, 0.1) is 20.4 Å². The van der Waals surface area contributed by atoms with Crippen molar-refractivity contribution in [2.45, 2.75) is 0 Å². The molecule has 0 amide bonds. The molecule has 0 aliphatic rings. The third kappa shape index (κ3) is 3.91. The fourth-order valence-electron chi connectivity index (χ4n) is 1.98. The van der Waals surface area contributed by atoms with Gasteiger partial charge >= 0.3 is 0 Å². The zero-order valence-corrected chi connectivity index (χ0v) is 18.3. The topological polar surface area (TPSA) is 29.0 Å². The molecule has 2 aromatic heterocycles. The maximum absolute atomic E-state index is 5.74. The van der Waals surface area contributed by atoms with Crippen LogP contribution >= 0.6 is 66.1 Å². The van der Waals surface area contributed by atoms with Crippen LogP contribution in [0.5, 0.6) is 0 Å². The third-order valence-corrected chi connectivity index (χ3v) is 7.41. The summed E-state index contributed by atoms with van der Waals surface area (Å²) in [7, 11) is 4.01. The number of nitrogens with zero attached hydrogens (tertiary/aromatic N) is 3. The largest absolute Gasteiger partial charge is 0.354 e. The molecule has 0 fully saturated rings. The monoisotopic (exact) mass is 503 g/mol. The highest BCUT2D eigenvalue weighted by atomic mass is 79.9. The summed E-state index contributed by atoms with van der Waals surface area (Å²) >= 11 is 15.9. The lowest BCUT2D eigenvalue weighted by atomic mass is 10.3. The van der Waals surface area contributed by atoms with Crippen molar-refractivity contribution >= 4 is 91.7 Å². The van der Waals surface area contributed by atoms with E-state index in [0.29, 0.717) is 4.47 Å². The average molecular weight is 506 g/mol. The van der Waals surface area contributed by atoms with Crippen LogP contribution in [-0.2, 0) is 0 Å². The molecule has 124 valence electrons. The van der Waals surface area contributed by atoms with E-state index < -0.39 is 0 Å². The Hall–Kier alpha value is -0.730. The van der Waals surface area contributed by atoms with Crippen LogP contribution in [-0.4, -0.2) is 24.1 Å². The molecule has 3 nitrogen and oxygen atoms in total. The number of anilines is 1. The lowest BCUT2D eigenvalue weighted by Gasteiger charge is -2.04. The molecule has 0 atom stereocenters. The first-order valence-electron chi connectivity index (χ1n) is 6.88. The highest BCUT2D eigenvalue weighted by molar-refractivity contribution is 9.11. The van der Waals surface area contributed by atoms with Crippen molar-refractivity contribution in [2.75, 3.05) is 19.0 Å². The predicted octanol–water partition coefficient (Wildman–Crippen LogP) is 6.84. The van der Waals surface area contributed by atoms with E-state index >= 15 is 0 Å². The Balaban J connectivity index is 0.000000143. The van der Waals surface area contributed by atoms with Gasteiger partial charge in [-0.25, -0.2) is 9.97 Å². The summed E-state index contributed by atoms with van der Waals surface area (Å²) in [6.45, 7) is 0. The van der Waals surface area contributed by atoms with E-state index in [9.17, 15) is 0 Å². The standard InChI is InChI=1S/C9H9BrN2S.C7H3BrClNS/c1-12(2)9-11-7-5-3-4-6(10)8(7)13-9;8-4-2-1-3-5-6(4)11-7(9)10-5/h3-5H,1-2H3;1-3H. The van der Waals surface area contributed by atoms with Gasteiger partial charge in [-0.05, 0) is 56.1 Å². The Morgan fingerprint density at radius 3 is 1.92 bits per heavy atom. The Kier molecular flexibility index (Phi) is 5.77.